The first-order valence-corrected chi connectivity index (χ1v) is 7.22. The standard InChI is InChI=1S/C13H7Cl5O/c14-6-7-1-2-8(15)3-12(7)19-13-5-10(17)9(16)4-11(13)18/h1-5H,6H2. The number of hydrogen-bond acceptors (Lipinski definition) is 1. The van der Waals surface area contributed by atoms with E-state index in [1.165, 1.54) is 6.07 Å². The van der Waals surface area contributed by atoms with Crippen LogP contribution >= 0.6 is 58.0 Å². The second kappa shape index (κ2) is 6.43. The summed E-state index contributed by atoms with van der Waals surface area (Å²) in [6, 6.07) is 8.26. The SMILES string of the molecule is ClCc1ccc(Cl)cc1Oc1cc(Cl)c(Cl)cc1Cl. The summed E-state index contributed by atoms with van der Waals surface area (Å²) in [7, 11) is 0. The summed E-state index contributed by atoms with van der Waals surface area (Å²) in [5.74, 6) is 1.22. The van der Waals surface area contributed by atoms with E-state index in [2.05, 4.69) is 0 Å². The van der Waals surface area contributed by atoms with E-state index in [0.717, 1.165) is 5.56 Å². The molecule has 0 aliphatic rings. The second-order valence-electron chi connectivity index (χ2n) is 3.68. The molecule has 2 aromatic carbocycles. The van der Waals surface area contributed by atoms with E-state index in [1.54, 1.807) is 24.3 Å². The van der Waals surface area contributed by atoms with Gasteiger partial charge >= 0.3 is 0 Å². The molecule has 0 saturated heterocycles. The minimum Gasteiger partial charge on any atom is -0.455 e. The maximum Gasteiger partial charge on any atom is 0.147 e. The number of hydrogen-bond donors (Lipinski definition) is 0. The highest BCUT2D eigenvalue weighted by Crippen LogP contribution is 2.38. The van der Waals surface area contributed by atoms with Crippen molar-refractivity contribution in [3.63, 3.8) is 0 Å². The molecule has 0 bridgehead atoms. The summed E-state index contributed by atoms with van der Waals surface area (Å²) in [4.78, 5) is 0. The monoisotopic (exact) mass is 354 g/mol. The lowest BCUT2D eigenvalue weighted by Crippen LogP contribution is -1.91. The molecule has 2 aromatic rings. The number of benzene rings is 2. The van der Waals surface area contributed by atoms with Crippen molar-refractivity contribution in [3.05, 3.63) is 56.0 Å². The van der Waals surface area contributed by atoms with Crippen molar-refractivity contribution in [1.82, 2.24) is 0 Å². The molecular weight excluding hydrogens is 349 g/mol. The van der Waals surface area contributed by atoms with Crippen LogP contribution in [-0.4, -0.2) is 0 Å². The van der Waals surface area contributed by atoms with Gasteiger partial charge in [-0.05, 0) is 18.2 Å². The van der Waals surface area contributed by atoms with E-state index in [1.807, 2.05) is 0 Å². The van der Waals surface area contributed by atoms with Crippen molar-refractivity contribution < 1.29 is 4.74 Å². The van der Waals surface area contributed by atoms with E-state index in [9.17, 15) is 0 Å². The summed E-state index contributed by atoms with van der Waals surface area (Å²) in [5.41, 5.74) is 0.799. The zero-order valence-electron chi connectivity index (χ0n) is 9.39. The fraction of sp³-hybridized carbons (Fsp3) is 0.0769. The number of ether oxygens (including phenoxy) is 1. The van der Waals surface area contributed by atoms with Gasteiger partial charge in [0.1, 0.15) is 11.5 Å². The van der Waals surface area contributed by atoms with Gasteiger partial charge in [0.15, 0.2) is 0 Å². The Bertz CT molecular complexity index is 612. The number of alkyl halides is 1. The van der Waals surface area contributed by atoms with Crippen LogP contribution in [0.2, 0.25) is 20.1 Å². The average Bonchev–Trinajstić information content (AvgIpc) is 2.36. The smallest absolute Gasteiger partial charge is 0.147 e. The maximum absolute atomic E-state index is 6.05. The Morgan fingerprint density at radius 2 is 1.47 bits per heavy atom. The van der Waals surface area contributed by atoms with Crippen molar-refractivity contribution in [2.45, 2.75) is 5.88 Å². The summed E-state index contributed by atoms with van der Waals surface area (Å²) < 4.78 is 5.70. The first-order chi connectivity index (χ1) is 9.01. The molecule has 1 nitrogen and oxygen atoms in total. The molecule has 0 amide bonds. The highest BCUT2D eigenvalue weighted by atomic mass is 35.5. The lowest BCUT2D eigenvalue weighted by Gasteiger charge is -2.12. The first-order valence-electron chi connectivity index (χ1n) is 5.18. The topological polar surface area (TPSA) is 9.23 Å². The van der Waals surface area contributed by atoms with Crippen molar-refractivity contribution >= 4 is 58.0 Å². The largest absolute Gasteiger partial charge is 0.455 e. The zero-order valence-corrected chi connectivity index (χ0v) is 13.2. The van der Waals surface area contributed by atoms with E-state index in [0.29, 0.717) is 37.5 Å². The van der Waals surface area contributed by atoms with Crippen LogP contribution in [0, 0.1) is 0 Å². The van der Waals surface area contributed by atoms with Crippen molar-refractivity contribution in [2.75, 3.05) is 0 Å². The predicted octanol–water partition coefficient (Wildman–Crippen LogP) is 6.83. The molecule has 0 unspecified atom stereocenters. The molecule has 100 valence electrons. The normalized spacial score (nSPS) is 10.6. The molecule has 0 spiro atoms. The third kappa shape index (κ3) is 3.62. The van der Waals surface area contributed by atoms with Crippen LogP contribution in [0.4, 0.5) is 0 Å². The molecule has 6 heteroatoms. The van der Waals surface area contributed by atoms with Gasteiger partial charge in [0.05, 0.1) is 20.9 Å². The summed E-state index contributed by atoms with van der Waals surface area (Å²) in [5, 5.41) is 1.62. The van der Waals surface area contributed by atoms with E-state index >= 15 is 0 Å². The maximum atomic E-state index is 6.05. The molecule has 0 saturated carbocycles. The predicted molar refractivity (Wildman–Crippen MR) is 82.6 cm³/mol. The Hall–Kier alpha value is -0.310. The Morgan fingerprint density at radius 1 is 0.789 bits per heavy atom. The minimum atomic E-state index is 0.297. The number of rotatable bonds is 3. The Morgan fingerprint density at radius 3 is 2.16 bits per heavy atom. The van der Waals surface area contributed by atoms with Crippen molar-refractivity contribution in [1.29, 1.82) is 0 Å². The van der Waals surface area contributed by atoms with Crippen LogP contribution in [-0.2, 0) is 5.88 Å². The summed E-state index contributed by atoms with van der Waals surface area (Å²) >= 11 is 29.6. The first kappa shape index (κ1) is 15.1. The molecule has 0 atom stereocenters. The number of halogens is 5. The third-order valence-corrected chi connectivity index (χ3v) is 3.91. The third-order valence-electron chi connectivity index (χ3n) is 2.37. The lowest BCUT2D eigenvalue weighted by molar-refractivity contribution is 0.478. The molecule has 2 rings (SSSR count). The highest BCUT2D eigenvalue weighted by Gasteiger charge is 2.11. The minimum absolute atomic E-state index is 0.297. The Balaban J connectivity index is 2.41. The Kier molecular flexibility index (Phi) is 5.10. The molecule has 0 aliphatic heterocycles. The molecule has 0 fully saturated rings. The fourth-order valence-electron chi connectivity index (χ4n) is 1.43. The van der Waals surface area contributed by atoms with Crippen molar-refractivity contribution in [2.24, 2.45) is 0 Å². The van der Waals surface area contributed by atoms with Gasteiger partial charge in [-0.2, -0.15) is 0 Å². The molecule has 0 N–H and O–H groups in total. The van der Waals surface area contributed by atoms with E-state index in [4.69, 9.17) is 62.7 Å². The molecule has 0 heterocycles. The van der Waals surface area contributed by atoms with Crippen LogP contribution in [0.1, 0.15) is 5.56 Å². The lowest BCUT2D eigenvalue weighted by atomic mass is 10.2. The summed E-state index contributed by atoms with van der Waals surface area (Å²) in [6.45, 7) is 0. The van der Waals surface area contributed by atoms with E-state index in [-0.39, 0.29) is 0 Å². The van der Waals surface area contributed by atoms with Crippen LogP contribution in [0.3, 0.4) is 0 Å². The van der Waals surface area contributed by atoms with E-state index < -0.39 is 0 Å². The van der Waals surface area contributed by atoms with Gasteiger partial charge in [0.25, 0.3) is 0 Å². The summed E-state index contributed by atoms with van der Waals surface area (Å²) in [6.07, 6.45) is 0. The highest BCUT2D eigenvalue weighted by molar-refractivity contribution is 6.43. The molecule has 0 aromatic heterocycles. The molecular formula is C13H7Cl5O. The fourth-order valence-corrected chi connectivity index (χ4v) is 2.39. The van der Waals surface area contributed by atoms with Gasteiger partial charge in [-0.1, -0.05) is 52.5 Å². The van der Waals surface area contributed by atoms with Gasteiger partial charge in [-0.3, -0.25) is 0 Å². The van der Waals surface area contributed by atoms with Crippen LogP contribution in [0.5, 0.6) is 11.5 Å². The van der Waals surface area contributed by atoms with Gasteiger partial charge < -0.3 is 4.74 Å². The average molecular weight is 356 g/mol. The van der Waals surface area contributed by atoms with Gasteiger partial charge in [-0.15, -0.1) is 11.6 Å². The quantitative estimate of drug-likeness (QED) is 0.432. The van der Waals surface area contributed by atoms with Crippen LogP contribution < -0.4 is 4.74 Å². The van der Waals surface area contributed by atoms with Gasteiger partial charge in [0, 0.05) is 16.7 Å². The van der Waals surface area contributed by atoms with Gasteiger partial charge in [0.2, 0.25) is 0 Å². The van der Waals surface area contributed by atoms with Crippen LogP contribution in [0.15, 0.2) is 30.3 Å². The van der Waals surface area contributed by atoms with Crippen molar-refractivity contribution in [3.8, 4) is 11.5 Å². The second-order valence-corrected chi connectivity index (χ2v) is 5.61. The molecule has 0 radical (unpaired) electrons. The molecule has 19 heavy (non-hydrogen) atoms. The van der Waals surface area contributed by atoms with Gasteiger partial charge in [-0.25, -0.2) is 0 Å². The Labute approximate surface area is 135 Å². The zero-order chi connectivity index (χ0) is 14.0. The molecule has 0 aliphatic carbocycles. The van der Waals surface area contributed by atoms with Crippen LogP contribution in [0.25, 0.3) is 0 Å².